The Morgan fingerprint density at radius 3 is 2.42 bits per heavy atom. The fourth-order valence-corrected chi connectivity index (χ4v) is 3.17. The van der Waals surface area contributed by atoms with E-state index in [4.69, 9.17) is 14.6 Å². The summed E-state index contributed by atoms with van der Waals surface area (Å²) in [5, 5.41) is 11.6. The van der Waals surface area contributed by atoms with E-state index in [0.29, 0.717) is 38.8 Å². The van der Waals surface area contributed by atoms with Crippen molar-refractivity contribution in [2.45, 2.75) is 31.8 Å². The lowest BCUT2D eigenvalue weighted by molar-refractivity contribution is 0.145. The maximum Gasteiger partial charge on any atom is 0.238 e. The highest BCUT2D eigenvalue weighted by Gasteiger charge is 2.08. The molecule has 2 aromatic rings. The second-order valence-electron chi connectivity index (χ2n) is 6.69. The lowest BCUT2D eigenvalue weighted by Crippen LogP contribution is -2.36. The number of nitrogens with two attached hydrogens (primary N) is 1. The Labute approximate surface area is 201 Å². The van der Waals surface area contributed by atoms with Gasteiger partial charge >= 0.3 is 0 Å². The van der Waals surface area contributed by atoms with Gasteiger partial charge in [-0.25, -0.2) is 18.5 Å². The lowest BCUT2D eigenvalue weighted by atomic mass is 10.1. The van der Waals surface area contributed by atoms with Crippen molar-refractivity contribution >= 4 is 40.0 Å². The van der Waals surface area contributed by atoms with Gasteiger partial charge in [-0.15, -0.1) is 24.0 Å². The van der Waals surface area contributed by atoms with E-state index in [1.54, 1.807) is 19.2 Å². The Balaban J connectivity index is 0.00000480. The largest absolute Gasteiger partial charge is 0.491 e. The number of rotatable bonds is 10. The molecule has 0 aromatic heterocycles. The van der Waals surface area contributed by atoms with Crippen molar-refractivity contribution in [3.63, 3.8) is 0 Å². The van der Waals surface area contributed by atoms with E-state index >= 15 is 0 Å². The molecule has 0 heterocycles. The maximum atomic E-state index is 11.4. The number of ether oxygens (including phenoxy) is 2. The number of guanidine groups is 1. The van der Waals surface area contributed by atoms with Crippen molar-refractivity contribution in [2.24, 2.45) is 10.1 Å². The molecule has 0 radical (unpaired) electrons. The summed E-state index contributed by atoms with van der Waals surface area (Å²) in [6.07, 6.45) is 0. The molecule has 31 heavy (non-hydrogen) atoms. The van der Waals surface area contributed by atoms with Gasteiger partial charge in [0, 0.05) is 25.8 Å². The second kappa shape index (κ2) is 13.5. The molecule has 0 atom stereocenters. The number of nitrogens with one attached hydrogen (secondary N) is 2. The number of benzene rings is 2. The smallest absolute Gasteiger partial charge is 0.238 e. The SMILES string of the molecule is CCNC(=NCc1ccc(S(N)(=O)=O)cc1)NCc1ccc(C)cc1OCCOC.I. The quantitative estimate of drug-likeness (QED) is 0.178. The van der Waals surface area contributed by atoms with Gasteiger partial charge in [0.05, 0.1) is 18.0 Å². The molecule has 0 fully saturated rings. The Bertz CT molecular complexity index is 950. The third-order valence-electron chi connectivity index (χ3n) is 4.23. The van der Waals surface area contributed by atoms with Crippen LogP contribution in [0.1, 0.15) is 23.6 Å². The number of hydrogen-bond acceptors (Lipinski definition) is 5. The average Bonchev–Trinajstić information content (AvgIpc) is 2.71. The Morgan fingerprint density at radius 2 is 1.81 bits per heavy atom. The van der Waals surface area contributed by atoms with Crippen LogP contribution in [0.25, 0.3) is 0 Å². The van der Waals surface area contributed by atoms with Crippen LogP contribution < -0.4 is 20.5 Å². The highest BCUT2D eigenvalue weighted by Crippen LogP contribution is 2.20. The molecule has 0 saturated carbocycles. The van der Waals surface area contributed by atoms with Crippen LogP contribution >= 0.6 is 24.0 Å². The zero-order chi connectivity index (χ0) is 22.0. The van der Waals surface area contributed by atoms with E-state index in [1.807, 2.05) is 32.0 Å². The summed E-state index contributed by atoms with van der Waals surface area (Å²) in [4.78, 5) is 4.65. The summed E-state index contributed by atoms with van der Waals surface area (Å²) in [6.45, 7) is 6.66. The van der Waals surface area contributed by atoms with Crippen molar-refractivity contribution in [2.75, 3.05) is 26.9 Å². The van der Waals surface area contributed by atoms with Crippen LogP contribution in [0, 0.1) is 6.92 Å². The van der Waals surface area contributed by atoms with E-state index < -0.39 is 10.0 Å². The minimum Gasteiger partial charge on any atom is -0.491 e. The highest BCUT2D eigenvalue weighted by molar-refractivity contribution is 14.0. The van der Waals surface area contributed by atoms with Gasteiger partial charge in [-0.2, -0.15) is 0 Å². The molecule has 10 heteroatoms. The van der Waals surface area contributed by atoms with Gasteiger partial charge in [0.1, 0.15) is 12.4 Å². The molecule has 0 spiro atoms. The molecule has 4 N–H and O–H groups in total. The van der Waals surface area contributed by atoms with Gasteiger partial charge in [-0.05, 0) is 43.2 Å². The third kappa shape index (κ3) is 9.42. The Hall–Kier alpha value is -1.89. The number of nitrogens with zero attached hydrogens (tertiary/aromatic N) is 1. The zero-order valence-corrected chi connectivity index (χ0v) is 21.2. The van der Waals surface area contributed by atoms with Gasteiger partial charge in [0.2, 0.25) is 10.0 Å². The number of primary sulfonamides is 1. The summed E-state index contributed by atoms with van der Waals surface area (Å²) in [6, 6.07) is 12.4. The summed E-state index contributed by atoms with van der Waals surface area (Å²) in [5.41, 5.74) is 3.01. The average molecular weight is 562 g/mol. The van der Waals surface area contributed by atoms with E-state index in [9.17, 15) is 8.42 Å². The minimum absolute atomic E-state index is 0. The fourth-order valence-electron chi connectivity index (χ4n) is 2.65. The van der Waals surface area contributed by atoms with Crippen molar-refractivity contribution in [3.05, 3.63) is 59.2 Å². The topological polar surface area (TPSA) is 115 Å². The summed E-state index contributed by atoms with van der Waals surface area (Å²) in [5.74, 6) is 1.46. The van der Waals surface area contributed by atoms with E-state index in [0.717, 1.165) is 22.4 Å². The van der Waals surface area contributed by atoms with Gasteiger partial charge in [0.25, 0.3) is 0 Å². The molecular formula is C21H31IN4O4S. The van der Waals surface area contributed by atoms with Crippen LogP contribution in [-0.4, -0.2) is 41.2 Å². The molecule has 8 nitrogen and oxygen atoms in total. The second-order valence-corrected chi connectivity index (χ2v) is 8.25. The molecule has 172 valence electrons. The maximum absolute atomic E-state index is 11.4. The number of methoxy groups -OCH3 is 1. The third-order valence-corrected chi connectivity index (χ3v) is 5.16. The lowest BCUT2D eigenvalue weighted by Gasteiger charge is -2.15. The highest BCUT2D eigenvalue weighted by atomic mass is 127. The molecule has 0 aliphatic rings. The standard InChI is InChI=1S/C21H30N4O4S.HI/c1-4-23-21(24-14-17-6-9-19(10-7-17)30(22,26)27)25-15-18-8-5-16(2)13-20(18)29-12-11-28-3;/h5-10,13H,4,11-12,14-15H2,1-3H3,(H2,22,26,27)(H2,23,24,25);1H. The molecule has 0 saturated heterocycles. The van der Waals surface area contributed by atoms with Crippen LogP contribution in [-0.2, 0) is 27.8 Å². The number of aryl methyl sites for hydroxylation is 1. The van der Waals surface area contributed by atoms with Gasteiger partial charge in [0.15, 0.2) is 5.96 Å². The summed E-state index contributed by atoms with van der Waals surface area (Å²) < 4.78 is 33.6. The van der Waals surface area contributed by atoms with Gasteiger partial charge in [-0.3, -0.25) is 0 Å². The first-order valence-electron chi connectivity index (χ1n) is 9.68. The van der Waals surface area contributed by atoms with Crippen molar-refractivity contribution in [1.29, 1.82) is 0 Å². The van der Waals surface area contributed by atoms with Gasteiger partial charge in [-0.1, -0.05) is 24.3 Å². The monoisotopic (exact) mass is 562 g/mol. The predicted octanol–water partition coefficient (Wildman–Crippen LogP) is 2.54. The Morgan fingerprint density at radius 1 is 1.10 bits per heavy atom. The van der Waals surface area contributed by atoms with Crippen molar-refractivity contribution in [3.8, 4) is 5.75 Å². The normalized spacial score (nSPS) is 11.5. The first-order chi connectivity index (χ1) is 14.3. The van der Waals surface area contributed by atoms with E-state index in [-0.39, 0.29) is 28.9 Å². The first-order valence-corrected chi connectivity index (χ1v) is 11.2. The van der Waals surface area contributed by atoms with Gasteiger partial charge < -0.3 is 20.1 Å². The van der Waals surface area contributed by atoms with E-state index in [1.165, 1.54) is 12.1 Å². The zero-order valence-electron chi connectivity index (χ0n) is 18.1. The molecule has 2 rings (SSSR count). The Kier molecular flexibility index (Phi) is 11.8. The minimum atomic E-state index is -3.69. The van der Waals surface area contributed by atoms with Crippen molar-refractivity contribution in [1.82, 2.24) is 10.6 Å². The predicted molar refractivity (Wildman–Crippen MR) is 133 cm³/mol. The van der Waals surface area contributed by atoms with E-state index in [2.05, 4.69) is 15.6 Å². The molecule has 0 bridgehead atoms. The molecule has 0 unspecified atom stereocenters. The summed E-state index contributed by atoms with van der Waals surface area (Å²) in [7, 11) is -2.05. The number of aliphatic imine (C=N–C) groups is 1. The molecule has 0 amide bonds. The molecular weight excluding hydrogens is 531 g/mol. The first kappa shape index (κ1) is 27.1. The summed E-state index contributed by atoms with van der Waals surface area (Å²) >= 11 is 0. The molecule has 0 aliphatic heterocycles. The van der Waals surface area contributed by atoms with Crippen LogP contribution in [0.15, 0.2) is 52.4 Å². The van der Waals surface area contributed by atoms with Crippen LogP contribution in [0.2, 0.25) is 0 Å². The van der Waals surface area contributed by atoms with Crippen LogP contribution in [0.3, 0.4) is 0 Å². The number of sulfonamides is 1. The number of hydrogen-bond donors (Lipinski definition) is 3. The molecule has 0 aliphatic carbocycles. The van der Waals surface area contributed by atoms with Crippen LogP contribution in [0.5, 0.6) is 5.75 Å². The van der Waals surface area contributed by atoms with Crippen molar-refractivity contribution < 1.29 is 17.9 Å². The number of halogens is 1. The van der Waals surface area contributed by atoms with Crippen LogP contribution in [0.4, 0.5) is 0 Å². The fraction of sp³-hybridized carbons (Fsp3) is 0.381. The molecule has 2 aromatic carbocycles.